The normalized spacial score (nSPS) is 19.3. The van der Waals surface area contributed by atoms with E-state index in [1.165, 1.54) is 25.0 Å². The molecule has 0 unspecified atom stereocenters. The fourth-order valence-corrected chi connectivity index (χ4v) is 3.03. The van der Waals surface area contributed by atoms with Gasteiger partial charge >= 0.3 is 0 Å². The Morgan fingerprint density at radius 1 is 1.18 bits per heavy atom. The number of Topliss-reactive ketones (excluding diaryl/α,β-unsaturated/α-hetero) is 1. The number of rotatable bonds is 3. The van der Waals surface area contributed by atoms with Crippen molar-refractivity contribution in [1.82, 2.24) is 4.57 Å². The van der Waals surface area contributed by atoms with E-state index < -0.39 is 0 Å². The summed E-state index contributed by atoms with van der Waals surface area (Å²) in [6, 6.07) is 2.01. The van der Waals surface area contributed by atoms with Crippen LogP contribution in [0.3, 0.4) is 0 Å². The quantitative estimate of drug-likeness (QED) is 0.727. The number of carbonyl (C=O) groups excluding carboxylic acids is 1. The second-order valence-corrected chi connectivity index (χ2v) is 5.15. The van der Waals surface area contributed by atoms with Crippen molar-refractivity contribution in [2.75, 3.05) is 0 Å². The van der Waals surface area contributed by atoms with Crippen LogP contribution in [0.2, 0.25) is 0 Å². The van der Waals surface area contributed by atoms with E-state index in [2.05, 4.69) is 16.8 Å². The largest absolute Gasteiger partial charge is 0.350 e. The molecule has 0 spiro atoms. The lowest BCUT2D eigenvalue weighted by Gasteiger charge is -2.15. The zero-order chi connectivity index (χ0) is 11.7. The van der Waals surface area contributed by atoms with Crippen molar-refractivity contribution in [3.05, 3.63) is 35.2 Å². The Balaban J connectivity index is 1.73. The van der Waals surface area contributed by atoms with Gasteiger partial charge in [0, 0.05) is 30.4 Å². The molecule has 2 aliphatic rings. The fraction of sp³-hybridized carbons (Fsp3) is 0.533. The Kier molecular flexibility index (Phi) is 2.87. The molecule has 0 radical (unpaired) electrons. The van der Waals surface area contributed by atoms with E-state index in [0.717, 1.165) is 37.8 Å². The molecule has 1 aromatic rings. The topological polar surface area (TPSA) is 22.0 Å². The van der Waals surface area contributed by atoms with Crippen LogP contribution in [-0.4, -0.2) is 10.4 Å². The van der Waals surface area contributed by atoms with Crippen LogP contribution in [0, 0.1) is 0 Å². The summed E-state index contributed by atoms with van der Waals surface area (Å²) in [6.45, 7) is 1.05. The van der Waals surface area contributed by atoms with E-state index >= 15 is 0 Å². The Bertz CT molecular complexity index is 467. The van der Waals surface area contributed by atoms with Crippen LogP contribution in [-0.2, 0) is 13.0 Å². The Labute approximate surface area is 102 Å². The van der Waals surface area contributed by atoms with E-state index in [1.54, 1.807) is 5.57 Å². The zero-order valence-electron chi connectivity index (χ0n) is 10.2. The van der Waals surface area contributed by atoms with Crippen LogP contribution in [0.5, 0.6) is 0 Å². The number of ketones is 1. The number of carbonyl (C=O) groups is 1. The Hall–Kier alpha value is -1.31. The first-order valence-electron chi connectivity index (χ1n) is 6.74. The molecule has 2 nitrogen and oxygen atoms in total. The molecule has 0 atom stereocenters. The van der Waals surface area contributed by atoms with Crippen LogP contribution in [0.1, 0.15) is 54.6 Å². The minimum atomic E-state index is 0.338. The van der Waals surface area contributed by atoms with Crippen molar-refractivity contribution in [2.24, 2.45) is 0 Å². The van der Waals surface area contributed by atoms with Crippen molar-refractivity contribution in [2.45, 2.75) is 51.5 Å². The van der Waals surface area contributed by atoms with Crippen molar-refractivity contribution in [1.29, 1.82) is 0 Å². The summed E-state index contributed by atoms with van der Waals surface area (Å²) >= 11 is 0. The second-order valence-electron chi connectivity index (χ2n) is 5.15. The molecule has 0 saturated carbocycles. The standard InChI is InChI=1S/C15H19NO/c17-15-7-3-6-14-13(15)9-11-16(14)10-8-12-4-1-2-5-12/h4,9,11H,1-3,5-8,10H2. The highest BCUT2D eigenvalue weighted by molar-refractivity contribution is 5.98. The third kappa shape index (κ3) is 2.08. The summed E-state index contributed by atoms with van der Waals surface area (Å²) in [7, 11) is 0. The summed E-state index contributed by atoms with van der Waals surface area (Å²) in [4.78, 5) is 11.7. The van der Waals surface area contributed by atoms with E-state index in [9.17, 15) is 4.79 Å². The predicted molar refractivity (Wildman–Crippen MR) is 68.3 cm³/mol. The maximum absolute atomic E-state index is 11.7. The average molecular weight is 229 g/mol. The molecule has 3 rings (SSSR count). The first kappa shape index (κ1) is 10.8. The van der Waals surface area contributed by atoms with Crippen LogP contribution < -0.4 is 0 Å². The molecule has 2 heteroatoms. The van der Waals surface area contributed by atoms with Crippen LogP contribution >= 0.6 is 0 Å². The summed E-state index contributed by atoms with van der Waals surface area (Å²) in [5.74, 6) is 0.338. The van der Waals surface area contributed by atoms with Gasteiger partial charge in [-0.2, -0.15) is 0 Å². The molecular weight excluding hydrogens is 210 g/mol. The summed E-state index contributed by atoms with van der Waals surface area (Å²) in [5, 5.41) is 0. The molecule has 1 aromatic heterocycles. The molecule has 0 aliphatic heterocycles. The lowest BCUT2D eigenvalue weighted by Crippen LogP contribution is -2.13. The number of hydrogen-bond acceptors (Lipinski definition) is 1. The number of nitrogens with zero attached hydrogens (tertiary/aromatic N) is 1. The van der Waals surface area contributed by atoms with Crippen molar-refractivity contribution >= 4 is 5.78 Å². The number of fused-ring (bicyclic) bond motifs is 1. The highest BCUT2D eigenvalue weighted by Gasteiger charge is 2.20. The third-order valence-corrected chi connectivity index (χ3v) is 4.01. The Morgan fingerprint density at radius 2 is 2.12 bits per heavy atom. The molecule has 0 fully saturated rings. The molecule has 90 valence electrons. The minimum Gasteiger partial charge on any atom is -0.350 e. The van der Waals surface area contributed by atoms with Gasteiger partial charge in [-0.05, 0) is 44.6 Å². The monoisotopic (exact) mass is 229 g/mol. The lowest BCUT2D eigenvalue weighted by molar-refractivity contribution is 0.0972. The fourth-order valence-electron chi connectivity index (χ4n) is 3.03. The van der Waals surface area contributed by atoms with Gasteiger partial charge < -0.3 is 4.57 Å². The van der Waals surface area contributed by atoms with Crippen molar-refractivity contribution in [3.8, 4) is 0 Å². The van der Waals surface area contributed by atoms with E-state index in [-0.39, 0.29) is 0 Å². The predicted octanol–water partition coefficient (Wildman–Crippen LogP) is 3.51. The van der Waals surface area contributed by atoms with Crippen LogP contribution in [0.25, 0.3) is 0 Å². The lowest BCUT2D eigenvalue weighted by atomic mass is 9.97. The second kappa shape index (κ2) is 4.52. The van der Waals surface area contributed by atoms with Gasteiger partial charge in [-0.25, -0.2) is 0 Å². The van der Waals surface area contributed by atoms with Crippen molar-refractivity contribution in [3.63, 3.8) is 0 Å². The van der Waals surface area contributed by atoms with Crippen molar-refractivity contribution < 1.29 is 4.79 Å². The maximum Gasteiger partial charge on any atom is 0.164 e. The van der Waals surface area contributed by atoms with Gasteiger partial charge in [0.2, 0.25) is 0 Å². The first-order valence-corrected chi connectivity index (χ1v) is 6.74. The summed E-state index contributed by atoms with van der Waals surface area (Å²) in [5.41, 5.74) is 3.87. The van der Waals surface area contributed by atoms with Gasteiger partial charge in [0.25, 0.3) is 0 Å². The maximum atomic E-state index is 11.7. The molecule has 17 heavy (non-hydrogen) atoms. The number of allylic oxidation sites excluding steroid dienone is 2. The molecule has 0 N–H and O–H groups in total. The van der Waals surface area contributed by atoms with E-state index in [1.807, 2.05) is 6.07 Å². The van der Waals surface area contributed by atoms with Gasteiger partial charge in [-0.3, -0.25) is 4.79 Å². The highest BCUT2D eigenvalue weighted by atomic mass is 16.1. The number of aryl methyl sites for hydroxylation is 1. The molecule has 1 heterocycles. The van der Waals surface area contributed by atoms with E-state index in [4.69, 9.17) is 0 Å². The minimum absolute atomic E-state index is 0.338. The molecule has 0 aromatic carbocycles. The zero-order valence-corrected chi connectivity index (χ0v) is 10.2. The SMILES string of the molecule is O=C1CCCc2c1ccn2CCC1=CCCC1. The van der Waals surface area contributed by atoms with Crippen LogP contribution in [0.15, 0.2) is 23.9 Å². The Morgan fingerprint density at radius 3 is 2.94 bits per heavy atom. The number of hydrogen-bond donors (Lipinski definition) is 0. The van der Waals surface area contributed by atoms with Gasteiger partial charge in [-0.15, -0.1) is 0 Å². The number of aromatic nitrogens is 1. The average Bonchev–Trinajstić information content (AvgIpc) is 2.95. The first-order chi connectivity index (χ1) is 8.34. The molecule has 0 amide bonds. The van der Waals surface area contributed by atoms with Gasteiger partial charge in [0.05, 0.1) is 0 Å². The molecule has 0 bridgehead atoms. The smallest absolute Gasteiger partial charge is 0.164 e. The molecule has 0 saturated heterocycles. The van der Waals surface area contributed by atoms with Gasteiger partial charge in [0.15, 0.2) is 5.78 Å². The molecular formula is C15H19NO. The van der Waals surface area contributed by atoms with E-state index in [0.29, 0.717) is 5.78 Å². The third-order valence-electron chi connectivity index (χ3n) is 4.01. The molecule has 2 aliphatic carbocycles. The summed E-state index contributed by atoms with van der Waals surface area (Å²) < 4.78 is 2.30. The van der Waals surface area contributed by atoms with Gasteiger partial charge in [-0.1, -0.05) is 11.6 Å². The summed E-state index contributed by atoms with van der Waals surface area (Å²) in [6.07, 6.45) is 12.4. The van der Waals surface area contributed by atoms with Crippen LogP contribution in [0.4, 0.5) is 0 Å². The van der Waals surface area contributed by atoms with Gasteiger partial charge in [0.1, 0.15) is 0 Å². The highest BCUT2D eigenvalue weighted by Crippen LogP contribution is 2.25.